The predicted octanol–water partition coefficient (Wildman–Crippen LogP) is 1.74. The standard InChI is InChI=1S/C9H16O2S/c1-12-7-4-9(10)8-2-5-11-6-3-8/h8H,2-7H2,1H3. The van der Waals surface area contributed by atoms with Crippen molar-refractivity contribution in [3.8, 4) is 0 Å². The summed E-state index contributed by atoms with van der Waals surface area (Å²) in [5.41, 5.74) is 0. The van der Waals surface area contributed by atoms with Crippen molar-refractivity contribution in [1.82, 2.24) is 0 Å². The molecule has 0 radical (unpaired) electrons. The van der Waals surface area contributed by atoms with Gasteiger partial charge in [0.1, 0.15) is 5.78 Å². The molecule has 0 aliphatic carbocycles. The van der Waals surface area contributed by atoms with E-state index >= 15 is 0 Å². The highest BCUT2D eigenvalue weighted by molar-refractivity contribution is 7.98. The average molecular weight is 188 g/mol. The topological polar surface area (TPSA) is 26.3 Å². The Kier molecular flexibility index (Phi) is 4.69. The van der Waals surface area contributed by atoms with E-state index in [4.69, 9.17) is 4.74 Å². The van der Waals surface area contributed by atoms with Gasteiger partial charge in [0.05, 0.1) is 0 Å². The van der Waals surface area contributed by atoms with Crippen LogP contribution in [-0.4, -0.2) is 31.0 Å². The highest BCUT2D eigenvalue weighted by Gasteiger charge is 2.20. The second kappa shape index (κ2) is 5.60. The van der Waals surface area contributed by atoms with Gasteiger partial charge in [-0.05, 0) is 24.9 Å². The minimum Gasteiger partial charge on any atom is -0.381 e. The van der Waals surface area contributed by atoms with Crippen LogP contribution in [0.2, 0.25) is 0 Å². The third kappa shape index (κ3) is 3.15. The normalized spacial score (nSPS) is 19.4. The van der Waals surface area contributed by atoms with Crippen LogP contribution in [0.3, 0.4) is 0 Å². The van der Waals surface area contributed by atoms with E-state index in [0.717, 1.165) is 38.2 Å². The number of thioether (sulfide) groups is 1. The molecule has 0 aromatic heterocycles. The summed E-state index contributed by atoms with van der Waals surface area (Å²) in [7, 11) is 0. The van der Waals surface area contributed by atoms with Gasteiger partial charge in [0.25, 0.3) is 0 Å². The van der Waals surface area contributed by atoms with Gasteiger partial charge in [-0.3, -0.25) is 4.79 Å². The van der Waals surface area contributed by atoms with Crippen molar-refractivity contribution in [2.24, 2.45) is 5.92 Å². The maximum atomic E-state index is 11.5. The zero-order chi connectivity index (χ0) is 8.81. The monoisotopic (exact) mass is 188 g/mol. The van der Waals surface area contributed by atoms with Gasteiger partial charge in [-0.25, -0.2) is 0 Å². The third-order valence-electron chi connectivity index (χ3n) is 2.23. The third-order valence-corrected chi connectivity index (χ3v) is 2.84. The Morgan fingerprint density at radius 3 is 2.75 bits per heavy atom. The van der Waals surface area contributed by atoms with Crippen LogP contribution in [0.25, 0.3) is 0 Å². The van der Waals surface area contributed by atoms with E-state index in [1.807, 2.05) is 6.26 Å². The largest absolute Gasteiger partial charge is 0.381 e. The zero-order valence-electron chi connectivity index (χ0n) is 7.54. The lowest BCUT2D eigenvalue weighted by molar-refractivity contribution is -0.125. The lowest BCUT2D eigenvalue weighted by atomic mass is 9.94. The van der Waals surface area contributed by atoms with Crippen LogP contribution < -0.4 is 0 Å². The van der Waals surface area contributed by atoms with Gasteiger partial charge < -0.3 is 4.74 Å². The minimum atomic E-state index is 0.297. The fraction of sp³-hybridized carbons (Fsp3) is 0.889. The molecular weight excluding hydrogens is 172 g/mol. The Morgan fingerprint density at radius 2 is 2.17 bits per heavy atom. The fourth-order valence-corrected chi connectivity index (χ4v) is 1.83. The van der Waals surface area contributed by atoms with Crippen molar-refractivity contribution in [3.05, 3.63) is 0 Å². The molecule has 1 heterocycles. The highest BCUT2D eigenvalue weighted by Crippen LogP contribution is 2.17. The summed E-state index contributed by atoms with van der Waals surface area (Å²) in [5.74, 6) is 1.70. The van der Waals surface area contributed by atoms with Crippen molar-refractivity contribution in [2.45, 2.75) is 19.3 Å². The van der Waals surface area contributed by atoms with Crippen LogP contribution in [0.5, 0.6) is 0 Å². The summed E-state index contributed by atoms with van der Waals surface area (Å²) in [6, 6.07) is 0. The molecule has 3 heteroatoms. The molecule has 0 unspecified atom stereocenters. The van der Waals surface area contributed by atoms with Gasteiger partial charge in [-0.1, -0.05) is 0 Å². The molecule has 0 bridgehead atoms. The first-order valence-corrected chi connectivity index (χ1v) is 5.83. The second-order valence-corrected chi connectivity index (χ2v) is 4.08. The summed E-state index contributed by atoms with van der Waals surface area (Å²) >= 11 is 1.74. The average Bonchev–Trinajstić information content (AvgIpc) is 2.15. The van der Waals surface area contributed by atoms with Crippen molar-refractivity contribution in [2.75, 3.05) is 25.2 Å². The SMILES string of the molecule is CSCCC(=O)C1CCOCC1. The molecule has 1 fully saturated rings. The molecule has 0 amide bonds. The number of hydrogen-bond donors (Lipinski definition) is 0. The summed E-state index contributed by atoms with van der Waals surface area (Å²) in [6.45, 7) is 1.55. The number of hydrogen-bond acceptors (Lipinski definition) is 3. The number of ether oxygens (including phenoxy) is 1. The summed E-state index contributed by atoms with van der Waals surface area (Å²) in [4.78, 5) is 11.5. The highest BCUT2D eigenvalue weighted by atomic mass is 32.2. The first-order chi connectivity index (χ1) is 5.84. The van der Waals surface area contributed by atoms with E-state index in [9.17, 15) is 4.79 Å². The molecule has 0 N–H and O–H groups in total. The van der Waals surface area contributed by atoms with Gasteiger partial charge in [0, 0.05) is 25.6 Å². The molecule has 0 spiro atoms. The van der Waals surface area contributed by atoms with Gasteiger partial charge in [0.15, 0.2) is 0 Å². The van der Waals surface area contributed by atoms with E-state index in [1.165, 1.54) is 0 Å². The molecular formula is C9H16O2S. The second-order valence-electron chi connectivity index (χ2n) is 3.10. The predicted molar refractivity (Wildman–Crippen MR) is 51.5 cm³/mol. The van der Waals surface area contributed by atoms with Gasteiger partial charge in [-0.15, -0.1) is 0 Å². The molecule has 0 atom stereocenters. The van der Waals surface area contributed by atoms with Crippen molar-refractivity contribution in [3.63, 3.8) is 0 Å². The maximum Gasteiger partial charge on any atom is 0.136 e. The Morgan fingerprint density at radius 1 is 1.50 bits per heavy atom. The first kappa shape index (κ1) is 10.1. The molecule has 0 aromatic rings. The molecule has 1 rings (SSSR count). The van der Waals surface area contributed by atoms with Gasteiger partial charge >= 0.3 is 0 Å². The fourth-order valence-electron chi connectivity index (χ4n) is 1.43. The quantitative estimate of drug-likeness (QED) is 0.672. The first-order valence-electron chi connectivity index (χ1n) is 4.44. The van der Waals surface area contributed by atoms with E-state index < -0.39 is 0 Å². The summed E-state index contributed by atoms with van der Waals surface area (Å²) < 4.78 is 5.20. The van der Waals surface area contributed by atoms with Crippen LogP contribution in [0.1, 0.15) is 19.3 Å². The van der Waals surface area contributed by atoms with Crippen LogP contribution in [0.15, 0.2) is 0 Å². The van der Waals surface area contributed by atoms with E-state index in [1.54, 1.807) is 11.8 Å². The number of carbonyl (C=O) groups is 1. The number of ketones is 1. The Balaban J connectivity index is 2.20. The Labute approximate surface area is 78.1 Å². The zero-order valence-corrected chi connectivity index (χ0v) is 8.36. The molecule has 70 valence electrons. The molecule has 12 heavy (non-hydrogen) atoms. The lowest BCUT2D eigenvalue weighted by Gasteiger charge is -2.20. The summed E-state index contributed by atoms with van der Waals surface area (Å²) in [6.07, 6.45) is 4.66. The van der Waals surface area contributed by atoms with Crippen molar-refractivity contribution >= 4 is 17.5 Å². The Hall–Kier alpha value is -0.0200. The number of rotatable bonds is 4. The molecule has 1 saturated heterocycles. The molecule has 1 aliphatic rings. The smallest absolute Gasteiger partial charge is 0.136 e. The van der Waals surface area contributed by atoms with E-state index in [-0.39, 0.29) is 0 Å². The van der Waals surface area contributed by atoms with Gasteiger partial charge in [0.2, 0.25) is 0 Å². The molecule has 2 nitrogen and oxygen atoms in total. The maximum absolute atomic E-state index is 11.5. The van der Waals surface area contributed by atoms with Crippen LogP contribution in [0.4, 0.5) is 0 Å². The van der Waals surface area contributed by atoms with Crippen LogP contribution in [-0.2, 0) is 9.53 Å². The van der Waals surface area contributed by atoms with Crippen molar-refractivity contribution < 1.29 is 9.53 Å². The van der Waals surface area contributed by atoms with E-state index in [0.29, 0.717) is 11.7 Å². The number of carbonyl (C=O) groups excluding carboxylic acids is 1. The molecule has 0 saturated carbocycles. The number of Topliss-reactive ketones (excluding diaryl/α,β-unsaturated/α-hetero) is 1. The van der Waals surface area contributed by atoms with Crippen molar-refractivity contribution in [1.29, 1.82) is 0 Å². The summed E-state index contributed by atoms with van der Waals surface area (Å²) in [5, 5.41) is 0. The molecule has 0 aromatic carbocycles. The van der Waals surface area contributed by atoms with E-state index in [2.05, 4.69) is 0 Å². The van der Waals surface area contributed by atoms with Crippen LogP contribution >= 0.6 is 11.8 Å². The van der Waals surface area contributed by atoms with Crippen LogP contribution in [0, 0.1) is 5.92 Å². The molecule has 1 aliphatic heterocycles. The Bertz CT molecular complexity index is 141. The minimum absolute atomic E-state index is 0.297. The lowest BCUT2D eigenvalue weighted by Crippen LogP contribution is -2.23. The van der Waals surface area contributed by atoms with Gasteiger partial charge in [-0.2, -0.15) is 11.8 Å².